The highest BCUT2D eigenvalue weighted by Gasteiger charge is 2.31. The van der Waals surface area contributed by atoms with E-state index in [0.717, 1.165) is 54.6 Å². The number of rotatable bonds is 3. The second kappa shape index (κ2) is 8.73. The summed E-state index contributed by atoms with van der Waals surface area (Å²) < 4.78 is 15.8. The fourth-order valence-electron chi connectivity index (χ4n) is 4.73. The minimum atomic E-state index is -0.279. The summed E-state index contributed by atoms with van der Waals surface area (Å²) in [6.45, 7) is 6.47. The van der Waals surface area contributed by atoms with E-state index < -0.39 is 0 Å². The molecule has 0 amide bonds. The largest absolute Gasteiger partial charge is 0.357 e. The van der Waals surface area contributed by atoms with Gasteiger partial charge in [-0.1, -0.05) is 11.6 Å². The van der Waals surface area contributed by atoms with Crippen LogP contribution in [-0.2, 0) is 13.1 Å². The summed E-state index contributed by atoms with van der Waals surface area (Å²) >= 11 is 6.32. The number of aromatic nitrogens is 4. The molecule has 0 radical (unpaired) electrons. The molecule has 0 N–H and O–H groups in total. The van der Waals surface area contributed by atoms with Crippen molar-refractivity contribution in [2.45, 2.75) is 51.7 Å². The summed E-state index contributed by atoms with van der Waals surface area (Å²) in [5.74, 6) is 2.56. The van der Waals surface area contributed by atoms with Crippen LogP contribution >= 0.6 is 11.6 Å². The predicted molar refractivity (Wildman–Crippen MR) is 124 cm³/mol. The van der Waals surface area contributed by atoms with E-state index in [1.165, 1.54) is 6.20 Å². The number of anilines is 1. The van der Waals surface area contributed by atoms with Crippen LogP contribution < -0.4 is 4.90 Å². The van der Waals surface area contributed by atoms with Gasteiger partial charge in [0.25, 0.3) is 0 Å². The van der Waals surface area contributed by atoms with Gasteiger partial charge >= 0.3 is 0 Å². The number of pyridine rings is 1. The topological polar surface area (TPSA) is 73.9 Å². The second-order valence-electron chi connectivity index (χ2n) is 8.85. The smallest absolute Gasteiger partial charge is 0.151 e. The molecule has 1 unspecified atom stereocenters. The number of piperidine rings is 1. The van der Waals surface area contributed by atoms with Crippen LogP contribution in [0.15, 0.2) is 30.5 Å². The number of nitriles is 1. The van der Waals surface area contributed by atoms with Crippen LogP contribution in [-0.4, -0.2) is 43.8 Å². The Hall–Kier alpha value is -3.02. The molecule has 33 heavy (non-hydrogen) atoms. The van der Waals surface area contributed by atoms with Crippen molar-refractivity contribution < 1.29 is 4.39 Å². The lowest BCUT2D eigenvalue weighted by atomic mass is 9.95. The molecule has 9 heteroatoms. The highest BCUT2D eigenvalue weighted by atomic mass is 35.5. The summed E-state index contributed by atoms with van der Waals surface area (Å²) in [5.41, 5.74) is 2.70. The lowest BCUT2D eigenvalue weighted by Crippen LogP contribution is -2.34. The van der Waals surface area contributed by atoms with Crippen molar-refractivity contribution in [3.63, 3.8) is 0 Å². The zero-order chi connectivity index (χ0) is 23.1. The van der Waals surface area contributed by atoms with Gasteiger partial charge in [-0.2, -0.15) is 5.26 Å². The molecule has 2 aliphatic rings. The van der Waals surface area contributed by atoms with Gasteiger partial charge in [0.1, 0.15) is 17.5 Å². The standard InChI is InChI=1S/C24H25ClFN7/c1-15-9-22(28-12-20(15)26)31-7-5-17(6-8-31)24-30-29-23-14-32(16(2)11-27)13-18-10-19(25)3-4-21(18)33(23)24/h3-4,9-10,12,16-17H,5-8,13-14H2,1-2H3. The molecule has 1 atom stereocenters. The van der Waals surface area contributed by atoms with Gasteiger partial charge in [-0.3, -0.25) is 9.47 Å². The van der Waals surface area contributed by atoms with Crippen molar-refractivity contribution in [3.8, 4) is 11.8 Å². The summed E-state index contributed by atoms with van der Waals surface area (Å²) in [5, 5.41) is 19.3. The number of hydrogen-bond donors (Lipinski definition) is 0. The molecule has 1 fully saturated rings. The van der Waals surface area contributed by atoms with Crippen molar-refractivity contribution in [3.05, 3.63) is 64.1 Å². The summed E-state index contributed by atoms with van der Waals surface area (Å²) in [4.78, 5) is 8.57. The SMILES string of the molecule is Cc1cc(N2CCC(c3nnc4n3-c3ccc(Cl)cc3CN(C(C)C#N)C4)CC2)ncc1F. The van der Waals surface area contributed by atoms with E-state index in [9.17, 15) is 9.65 Å². The maximum atomic E-state index is 13.6. The molecule has 5 rings (SSSR count). The van der Waals surface area contributed by atoms with Crippen LogP contribution in [0.5, 0.6) is 0 Å². The van der Waals surface area contributed by atoms with Crippen molar-refractivity contribution >= 4 is 17.4 Å². The Kier molecular flexibility index (Phi) is 5.77. The molecule has 3 aromatic rings. The molecule has 7 nitrogen and oxygen atoms in total. The molecule has 2 aromatic heterocycles. The number of halogens is 2. The number of hydrogen-bond acceptors (Lipinski definition) is 6. The van der Waals surface area contributed by atoms with E-state index in [1.807, 2.05) is 31.2 Å². The average molecular weight is 466 g/mol. The van der Waals surface area contributed by atoms with E-state index in [0.29, 0.717) is 23.7 Å². The van der Waals surface area contributed by atoms with Crippen LogP contribution in [0.3, 0.4) is 0 Å². The van der Waals surface area contributed by atoms with Gasteiger partial charge in [-0.05, 0) is 62.1 Å². The fourth-order valence-corrected chi connectivity index (χ4v) is 4.93. The number of benzene rings is 1. The predicted octanol–water partition coefficient (Wildman–Crippen LogP) is 4.37. The Balaban J connectivity index is 1.44. The third-order valence-corrected chi connectivity index (χ3v) is 6.94. The lowest BCUT2D eigenvalue weighted by Gasteiger charge is -2.32. The highest BCUT2D eigenvalue weighted by Crippen LogP contribution is 2.34. The van der Waals surface area contributed by atoms with Gasteiger partial charge in [0.2, 0.25) is 0 Å². The first-order valence-electron chi connectivity index (χ1n) is 11.2. The molecule has 170 valence electrons. The Morgan fingerprint density at radius 1 is 1.18 bits per heavy atom. The molecule has 0 saturated carbocycles. The number of fused-ring (bicyclic) bond motifs is 3. The molecule has 0 bridgehead atoms. The quantitative estimate of drug-likeness (QED) is 0.571. The third kappa shape index (κ3) is 4.07. The van der Waals surface area contributed by atoms with Crippen LogP contribution in [0.2, 0.25) is 5.02 Å². The molecule has 2 aliphatic heterocycles. The molecular formula is C24H25ClFN7. The van der Waals surface area contributed by atoms with Gasteiger partial charge < -0.3 is 4.90 Å². The zero-order valence-electron chi connectivity index (χ0n) is 18.7. The first-order chi connectivity index (χ1) is 15.9. The van der Waals surface area contributed by atoms with Gasteiger partial charge in [0.05, 0.1) is 30.5 Å². The van der Waals surface area contributed by atoms with E-state index >= 15 is 0 Å². The van der Waals surface area contributed by atoms with E-state index in [2.05, 4.69) is 35.6 Å². The minimum Gasteiger partial charge on any atom is -0.357 e. The molecule has 4 heterocycles. The summed E-state index contributed by atoms with van der Waals surface area (Å²) in [6, 6.07) is 9.78. The summed E-state index contributed by atoms with van der Waals surface area (Å²) in [7, 11) is 0. The van der Waals surface area contributed by atoms with Crippen molar-refractivity contribution in [2.24, 2.45) is 0 Å². The fraction of sp³-hybridized carbons (Fsp3) is 0.417. The molecule has 1 saturated heterocycles. The Morgan fingerprint density at radius 3 is 2.70 bits per heavy atom. The van der Waals surface area contributed by atoms with Crippen LogP contribution in [0.25, 0.3) is 5.69 Å². The van der Waals surface area contributed by atoms with Crippen LogP contribution in [0.1, 0.15) is 48.5 Å². The van der Waals surface area contributed by atoms with E-state index in [1.54, 1.807) is 6.92 Å². The lowest BCUT2D eigenvalue weighted by molar-refractivity contribution is 0.225. The Morgan fingerprint density at radius 2 is 1.97 bits per heavy atom. The second-order valence-corrected chi connectivity index (χ2v) is 9.28. The van der Waals surface area contributed by atoms with Crippen LogP contribution in [0, 0.1) is 24.1 Å². The van der Waals surface area contributed by atoms with E-state index in [4.69, 9.17) is 11.6 Å². The third-order valence-electron chi connectivity index (χ3n) is 6.71. The van der Waals surface area contributed by atoms with Crippen molar-refractivity contribution in [2.75, 3.05) is 18.0 Å². The first-order valence-corrected chi connectivity index (χ1v) is 11.6. The average Bonchev–Trinajstić information content (AvgIpc) is 3.16. The van der Waals surface area contributed by atoms with Crippen molar-refractivity contribution in [1.82, 2.24) is 24.6 Å². The van der Waals surface area contributed by atoms with Gasteiger partial charge in [-0.15, -0.1) is 10.2 Å². The number of aryl methyl sites for hydroxylation is 1. The zero-order valence-corrected chi connectivity index (χ0v) is 19.4. The normalized spacial score (nSPS) is 17.7. The Bertz CT molecular complexity index is 1230. The van der Waals surface area contributed by atoms with Gasteiger partial charge in [-0.25, -0.2) is 9.37 Å². The van der Waals surface area contributed by atoms with Crippen molar-refractivity contribution in [1.29, 1.82) is 5.26 Å². The molecule has 0 aliphatic carbocycles. The monoisotopic (exact) mass is 465 g/mol. The van der Waals surface area contributed by atoms with Crippen LogP contribution in [0.4, 0.5) is 10.2 Å². The number of nitrogens with zero attached hydrogens (tertiary/aromatic N) is 7. The van der Waals surface area contributed by atoms with Gasteiger partial charge in [0, 0.05) is 30.6 Å². The highest BCUT2D eigenvalue weighted by molar-refractivity contribution is 6.30. The van der Waals surface area contributed by atoms with Gasteiger partial charge in [0.15, 0.2) is 5.82 Å². The Labute approximate surface area is 197 Å². The van der Waals surface area contributed by atoms with E-state index in [-0.39, 0.29) is 17.8 Å². The minimum absolute atomic E-state index is 0.243. The molecule has 0 spiro atoms. The first kappa shape index (κ1) is 21.8. The summed E-state index contributed by atoms with van der Waals surface area (Å²) in [6.07, 6.45) is 3.10. The maximum absolute atomic E-state index is 13.6. The molecular weight excluding hydrogens is 441 g/mol. The molecule has 1 aromatic carbocycles. The maximum Gasteiger partial charge on any atom is 0.151 e.